The number of fused-ring (bicyclic) bond motifs is 2. The van der Waals surface area contributed by atoms with Gasteiger partial charge in [-0.15, -0.1) is 0 Å². The molecule has 3 fully saturated rings. The summed E-state index contributed by atoms with van der Waals surface area (Å²) in [6.07, 6.45) is 3.27. The minimum atomic E-state index is -1.43. The predicted octanol–water partition coefficient (Wildman–Crippen LogP) is 1.41. The van der Waals surface area contributed by atoms with Crippen LogP contribution in [0.3, 0.4) is 0 Å². The van der Waals surface area contributed by atoms with Gasteiger partial charge < -0.3 is 57.2 Å². The van der Waals surface area contributed by atoms with Crippen LogP contribution in [0, 0.1) is 23.7 Å². The highest BCUT2D eigenvalue weighted by molar-refractivity contribution is 6.03. The Hall–Kier alpha value is -7.48. The van der Waals surface area contributed by atoms with E-state index in [1.807, 2.05) is 53.4 Å². The molecular formula is C56H77N9O16. The number of carboxylic acid groups (broad SMARTS) is 6. The summed E-state index contributed by atoms with van der Waals surface area (Å²) in [6, 6.07) is 12.9. The molecule has 0 unspecified atom stereocenters. The van der Waals surface area contributed by atoms with Gasteiger partial charge in [0.05, 0.1) is 26.2 Å². The van der Waals surface area contributed by atoms with Gasteiger partial charge in [-0.3, -0.25) is 53.2 Å². The molecule has 1 heterocycles. The number of carbonyl (C=O) groups is 10. The second kappa shape index (κ2) is 30.9. The lowest BCUT2D eigenvalue weighted by molar-refractivity contribution is -0.143. The molecule has 81 heavy (non-hydrogen) atoms. The standard InChI is InChI=1S/C56H77N9O16/c66-46(31-62-20-22-63(32-48(69)70)24-26-65(34-50(73)74)27-25-64(23-21-62)33-49(71)72)58-30-35-12-14-37(15-13-35)52(75)59-45(29-43-40-8-3-1-6-38(40)28-39-7-2-4-9-41(39)43)53(76)57-19-18-36-16-17-42(36)51(55(79)80)61-56(81)60-44(54(77)78)10-5-11-47(67)68/h1-4,6-9,28,35-37,42,44-45,51H,5,10-27,29-34H2,(H,57,76)(H,58,66)(H,59,75)(H,67,68)(H,69,70)(H,71,72)(H,73,74)(H,77,78)(H,79,80)(H2,60,61,81)/t35?,36-,37?,42+,44+,45+,51+/m1/s1. The molecule has 1 aliphatic heterocycles. The molecule has 3 aromatic rings. The molecule has 0 bridgehead atoms. The second-order valence-electron chi connectivity index (χ2n) is 21.6. The van der Waals surface area contributed by atoms with Crippen molar-refractivity contribution in [3.05, 3.63) is 60.2 Å². The van der Waals surface area contributed by atoms with Crippen LogP contribution in [0.1, 0.15) is 69.8 Å². The summed E-state index contributed by atoms with van der Waals surface area (Å²) in [6.45, 7) is 1.72. The number of nitrogens with zero attached hydrogens (tertiary/aromatic N) is 4. The number of hydrogen-bond donors (Lipinski definition) is 11. The van der Waals surface area contributed by atoms with Crippen molar-refractivity contribution in [1.29, 1.82) is 0 Å². The van der Waals surface area contributed by atoms with Crippen molar-refractivity contribution in [1.82, 2.24) is 46.2 Å². The fraction of sp³-hybridized carbons (Fsp3) is 0.571. The van der Waals surface area contributed by atoms with Crippen LogP contribution in [0.15, 0.2) is 54.6 Å². The van der Waals surface area contributed by atoms with Crippen LogP contribution in [0.4, 0.5) is 4.79 Å². The largest absolute Gasteiger partial charge is 0.481 e. The molecule has 0 radical (unpaired) electrons. The average Bonchev–Trinajstić information content (AvgIpc) is 3.52. The van der Waals surface area contributed by atoms with Gasteiger partial charge in [0.25, 0.3) is 0 Å². The molecule has 11 N–H and O–H groups in total. The van der Waals surface area contributed by atoms with Gasteiger partial charge in [-0.25, -0.2) is 14.4 Å². The van der Waals surface area contributed by atoms with Crippen LogP contribution in [0.2, 0.25) is 0 Å². The molecule has 5 amide bonds. The van der Waals surface area contributed by atoms with Gasteiger partial charge in [0, 0.05) is 84.2 Å². The molecule has 5 atom stereocenters. The highest BCUT2D eigenvalue weighted by Gasteiger charge is 2.42. The molecule has 25 heteroatoms. The van der Waals surface area contributed by atoms with Gasteiger partial charge in [-0.2, -0.15) is 0 Å². The number of amides is 5. The Morgan fingerprint density at radius 1 is 0.543 bits per heavy atom. The Kier molecular flexibility index (Phi) is 23.9. The number of carboxylic acids is 6. The maximum Gasteiger partial charge on any atom is 0.326 e. The third-order valence-corrected chi connectivity index (χ3v) is 15.9. The lowest BCUT2D eigenvalue weighted by atomic mass is 9.68. The predicted molar refractivity (Wildman–Crippen MR) is 294 cm³/mol. The summed E-state index contributed by atoms with van der Waals surface area (Å²) in [5, 5.41) is 74.7. The quantitative estimate of drug-likeness (QED) is 0.0481. The number of urea groups is 1. The van der Waals surface area contributed by atoms with Gasteiger partial charge in [0.1, 0.15) is 18.1 Å². The maximum atomic E-state index is 14.4. The van der Waals surface area contributed by atoms with E-state index in [0.717, 1.165) is 27.1 Å². The SMILES string of the molecule is O=C(O)CCC[C@H](NC(=O)N[C@H](C(=O)O)[C@H]1CC[C@@H]1CCNC(=O)[C@H](Cc1c2ccccc2cc2ccccc12)NC(=O)C1CCC(CNC(=O)CN2CCN(CC(=O)O)CCN(CC(=O)O)CCN(CC(=O)O)CC2)CC1)C(=O)O. The third kappa shape index (κ3) is 19.9. The molecule has 0 aromatic heterocycles. The molecule has 2 aliphatic carbocycles. The first kappa shape index (κ1) is 62.7. The van der Waals surface area contributed by atoms with E-state index in [4.69, 9.17) is 5.11 Å². The highest BCUT2D eigenvalue weighted by atomic mass is 16.4. The maximum absolute atomic E-state index is 14.4. The molecule has 1 saturated heterocycles. The third-order valence-electron chi connectivity index (χ3n) is 15.9. The normalized spacial score (nSPS) is 20.9. The van der Waals surface area contributed by atoms with E-state index in [0.29, 0.717) is 64.6 Å². The summed E-state index contributed by atoms with van der Waals surface area (Å²) in [7, 11) is 0. The Morgan fingerprint density at radius 3 is 1.53 bits per heavy atom. The average molecular weight is 1130 g/mol. The number of hydrogen-bond acceptors (Lipinski definition) is 14. The van der Waals surface area contributed by atoms with Crippen LogP contribution in [0.25, 0.3) is 21.5 Å². The molecule has 2 saturated carbocycles. The zero-order valence-electron chi connectivity index (χ0n) is 45.5. The first-order valence-corrected chi connectivity index (χ1v) is 27.8. The summed E-state index contributed by atoms with van der Waals surface area (Å²) >= 11 is 0. The van der Waals surface area contributed by atoms with E-state index in [9.17, 15) is 73.5 Å². The van der Waals surface area contributed by atoms with E-state index in [2.05, 4.69) is 32.7 Å². The monoisotopic (exact) mass is 1130 g/mol. The summed E-state index contributed by atoms with van der Waals surface area (Å²) in [5.41, 5.74) is 0.871. The van der Waals surface area contributed by atoms with Gasteiger partial charge in [-0.05, 0) is 109 Å². The van der Waals surface area contributed by atoms with Crippen molar-refractivity contribution in [2.24, 2.45) is 23.7 Å². The van der Waals surface area contributed by atoms with E-state index < -0.39 is 77.7 Å². The smallest absolute Gasteiger partial charge is 0.326 e. The van der Waals surface area contributed by atoms with Crippen LogP contribution in [-0.4, -0.2) is 220 Å². The van der Waals surface area contributed by atoms with E-state index in [-0.39, 0.29) is 121 Å². The van der Waals surface area contributed by atoms with Gasteiger partial charge in [0.15, 0.2) is 0 Å². The first-order valence-electron chi connectivity index (χ1n) is 27.8. The van der Waals surface area contributed by atoms with Crippen molar-refractivity contribution in [2.45, 2.75) is 88.8 Å². The molecule has 3 aromatic carbocycles. The highest BCUT2D eigenvalue weighted by Crippen LogP contribution is 2.39. The van der Waals surface area contributed by atoms with Crippen molar-refractivity contribution in [3.8, 4) is 0 Å². The Bertz CT molecular complexity index is 2630. The van der Waals surface area contributed by atoms with Crippen LogP contribution in [0.5, 0.6) is 0 Å². The van der Waals surface area contributed by atoms with Crippen molar-refractivity contribution < 1.29 is 78.6 Å². The lowest BCUT2D eigenvalue weighted by Crippen LogP contribution is -2.56. The van der Waals surface area contributed by atoms with Crippen LogP contribution < -0.4 is 26.6 Å². The summed E-state index contributed by atoms with van der Waals surface area (Å²) < 4.78 is 0. The van der Waals surface area contributed by atoms with E-state index in [1.165, 1.54) is 0 Å². The number of aliphatic carboxylic acids is 6. The number of rotatable bonds is 27. The number of benzene rings is 3. The topological polar surface area (TPSA) is 365 Å². The van der Waals surface area contributed by atoms with Crippen molar-refractivity contribution in [2.75, 3.05) is 91.6 Å². The van der Waals surface area contributed by atoms with Gasteiger partial charge in [-0.1, -0.05) is 48.5 Å². The minimum Gasteiger partial charge on any atom is -0.481 e. The summed E-state index contributed by atoms with van der Waals surface area (Å²) in [5.74, 6) is -9.14. The van der Waals surface area contributed by atoms with Gasteiger partial charge >= 0.3 is 41.8 Å². The molecule has 3 aliphatic rings. The van der Waals surface area contributed by atoms with E-state index >= 15 is 0 Å². The fourth-order valence-electron chi connectivity index (χ4n) is 11.3. The molecular weight excluding hydrogens is 1050 g/mol. The zero-order chi connectivity index (χ0) is 58.6. The Balaban J connectivity index is 1.06. The zero-order valence-corrected chi connectivity index (χ0v) is 45.5. The van der Waals surface area contributed by atoms with Crippen LogP contribution in [-0.2, 0) is 49.6 Å². The summed E-state index contributed by atoms with van der Waals surface area (Å²) in [4.78, 5) is 132. The fourth-order valence-corrected chi connectivity index (χ4v) is 11.3. The molecule has 0 spiro atoms. The minimum absolute atomic E-state index is 0.0213. The Morgan fingerprint density at radius 2 is 1.06 bits per heavy atom. The number of carbonyl (C=O) groups excluding carboxylic acids is 4. The Labute approximate surface area is 468 Å². The van der Waals surface area contributed by atoms with Gasteiger partial charge in [0.2, 0.25) is 17.7 Å². The first-order chi connectivity index (χ1) is 38.7. The molecule has 25 nitrogen and oxygen atoms in total. The van der Waals surface area contributed by atoms with E-state index in [1.54, 1.807) is 14.7 Å². The second-order valence-corrected chi connectivity index (χ2v) is 21.6. The van der Waals surface area contributed by atoms with Crippen molar-refractivity contribution in [3.63, 3.8) is 0 Å². The van der Waals surface area contributed by atoms with Crippen molar-refractivity contribution >= 4 is 81.1 Å². The molecule has 6 rings (SSSR count). The number of nitrogens with one attached hydrogen (secondary N) is 5. The molecule has 442 valence electrons. The van der Waals surface area contributed by atoms with Crippen LogP contribution >= 0.6 is 0 Å². The lowest BCUT2D eigenvalue weighted by Gasteiger charge is -2.40.